The molecule has 2 N–H and O–H groups in total. The summed E-state index contributed by atoms with van der Waals surface area (Å²) < 4.78 is 13.4. The number of nitrogens with two attached hydrogens (primary N) is 1. The Morgan fingerprint density at radius 2 is 2.25 bits per heavy atom. The molecule has 0 radical (unpaired) electrons. The van der Waals surface area contributed by atoms with E-state index in [-0.39, 0.29) is 16.6 Å². The highest BCUT2D eigenvalue weighted by Gasteiger charge is 2.09. The number of nitriles is 1. The van der Waals surface area contributed by atoms with E-state index in [0.717, 1.165) is 0 Å². The molecule has 0 fully saturated rings. The fourth-order valence-electron chi connectivity index (χ4n) is 0.882. The zero-order valence-electron chi connectivity index (χ0n) is 6.14. The number of hydrogen-bond donors (Lipinski definition) is 1. The Kier molecular flexibility index (Phi) is 2.79. The highest BCUT2D eigenvalue weighted by atomic mass is 79.9. The fourth-order valence-corrected chi connectivity index (χ4v) is 1.21. The molecular weight excluding hydrogens is 223 g/mol. The van der Waals surface area contributed by atoms with Gasteiger partial charge in [0.15, 0.2) is 5.82 Å². The lowest BCUT2D eigenvalue weighted by molar-refractivity contribution is 0.614. The van der Waals surface area contributed by atoms with Crippen LogP contribution in [-0.2, 0) is 6.54 Å². The molecule has 0 aliphatic rings. The summed E-state index contributed by atoms with van der Waals surface area (Å²) in [5.74, 6) is -0.541. The summed E-state index contributed by atoms with van der Waals surface area (Å²) in [6.07, 6.45) is 0. The van der Waals surface area contributed by atoms with Crippen molar-refractivity contribution in [1.82, 2.24) is 0 Å². The summed E-state index contributed by atoms with van der Waals surface area (Å²) in [5, 5.41) is 8.59. The Hall–Kier alpha value is -0.920. The maximum Gasteiger partial charge on any atom is 0.155 e. The fraction of sp³-hybridized carbons (Fsp3) is 0.125. The van der Waals surface area contributed by atoms with Crippen molar-refractivity contribution in [3.63, 3.8) is 0 Å². The van der Waals surface area contributed by atoms with Crippen LogP contribution in [0, 0.1) is 17.1 Å². The van der Waals surface area contributed by atoms with E-state index in [4.69, 9.17) is 11.0 Å². The average Bonchev–Trinajstić information content (AvgIpc) is 2.09. The number of hydrogen-bond acceptors (Lipinski definition) is 2. The van der Waals surface area contributed by atoms with E-state index >= 15 is 0 Å². The molecular formula is C8H6BrFN2. The summed E-state index contributed by atoms with van der Waals surface area (Å²) in [6.45, 7) is 0.174. The summed E-state index contributed by atoms with van der Waals surface area (Å²) in [6, 6.07) is 4.94. The van der Waals surface area contributed by atoms with Crippen LogP contribution in [0.2, 0.25) is 0 Å². The van der Waals surface area contributed by atoms with Gasteiger partial charge in [0.25, 0.3) is 0 Å². The van der Waals surface area contributed by atoms with Gasteiger partial charge in [0.2, 0.25) is 0 Å². The molecule has 0 aromatic heterocycles. The summed E-state index contributed by atoms with van der Waals surface area (Å²) >= 11 is 2.98. The minimum Gasteiger partial charge on any atom is -0.326 e. The first-order chi connectivity index (χ1) is 5.70. The van der Waals surface area contributed by atoms with Crippen LogP contribution in [0.25, 0.3) is 0 Å². The molecule has 1 aromatic carbocycles. The van der Waals surface area contributed by atoms with E-state index in [9.17, 15) is 4.39 Å². The van der Waals surface area contributed by atoms with Crippen molar-refractivity contribution >= 4 is 15.9 Å². The van der Waals surface area contributed by atoms with Crippen molar-refractivity contribution in [2.75, 3.05) is 0 Å². The van der Waals surface area contributed by atoms with Gasteiger partial charge in [0.05, 0.1) is 10.0 Å². The lowest BCUT2D eigenvalue weighted by atomic mass is 10.1. The standard InChI is InChI=1S/C8H6BrFN2/c9-7-2-1-5(3-11)6(4-12)8(7)10/h1-2H,3,11H2. The largest absolute Gasteiger partial charge is 0.326 e. The second-order valence-corrected chi connectivity index (χ2v) is 3.07. The van der Waals surface area contributed by atoms with E-state index in [1.165, 1.54) is 0 Å². The van der Waals surface area contributed by atoms with Gasteiger partial charge in [-0.25, -0.2) is 4.39 Å². The molecule has 0 spiro atoms. The Balaban J connectivity index is 3.38. The molecule has 0 bridgehead atoms. The highest BCUT2D eigenvalue weighted by Crippen LogP contribution is 2.21. The van der Waals surface area contributed by atoms with Crippen LogP contribution >= 0.6 is 15.9 Å². The lowest BCUT2D eigenvalue weighted by Gasteiger charge is -2.02. The molecule has 12 heavy (non-hydrogen) atoms. The highest BCUT2D eigenvalue weighted by molar-refractivity contribution is 9.10. The van der Waals surface area contributed by atoms with Gasteiger partial charge in [0, 0.05) is 6.54 Å². The molecule has 1 aromatic rings. The summed E-state index contributed by atoms with van der Waals surface area (Å²) in [7, 11) is 0. The van der Waals surface area contributed by atoms with Gasteiger partial charge in [-0.1, -0.05) is 6.07 Å². The molecule has 62 valence electrons. The van der Waals surface area contributed by atoms with Crippen molar-refractivity contribution in [3.05, 3.63) is 33.5 Å². The van der Waals surface area contributed by atoms with Crippen LogP contribution in [0.3, 0.4) is 0 Å². The Labute approximate surface area is 77.9 Å². The Bertz CT molecular complexity index is 344. The minimum atomic E-state index is -0.541. The molecule has 0 aliphatic heterocycles. The first-order valence-electron chi connectivity index (χ1n) is 3.27. The van der Waals surface area contributed by atoms with Gasteiger partial charge >= 0.3 is 0 Å². The summed E-state index contributed by atoms with van der Waals surface area (Å²) in [5.41, 5.74) is 5.86. The minimum absolute atomic E-state index is 0.0203. The topological polar surface area (TPSA) is 49.8 Å². The van der Waals surface area contributed by atoms with Crippen LogP contribution in [0.4, 0.5) is 4.39 Å². The van der Waals surface area contributed by atoms with E-state index in [1.54, 1.807) is 18.2 Å². The number of rotatable bonds is 1. The van der Waals surface area contributed by atoms with Crippen molar-refractivity contribution in [1.29, 1.82) is 5.26 Å². The maximum atomic E-state index is 13.1. The van der Waals surface area contributed by atoms with Crippen molar-refractivity contribution in [3.8, 4) is 6.07 Å². The number of halogens is 2. The molecule has 0 unspecified atom stereocenters. The first-order valence-corrected chi connectivity index (χ1v) is 4.07. The van der Waals surface area contributed by atoms with Crippen molar-refractivity contribution in [2.45, 2.75) is 6.54 Å². The van der Waals surface area contributed by atoms with Crippen LogP contribution in [0.1, 0.15) is 11.1 Å². The van der Waals surface area contributed by atoms with Crippen molar-refractivity contribution < 1.29 is 4.39 Å². The van der Waals surface area contributed by atoms with E-state index in [1.807, 2.05) is 0 Å². The Morgan fingerprint density at radius 3 is 2.75 bits per heavy atom. The van der Waals surface area contributed by atoms with Gasteiger partial charge in [0.1, 0.15) is 6.07 Å². The van der Waals surface area contributed by atoms with E-state index < -0.39 is 5.82 Å². The van der Waals surface area contributed by atoms with Crippen LogP contribution in [0.15, 0.2) is 16.6 Å². The SMILES string of the molecule is N#Cc1c(CN)ccc(Br)c1F. The van der Waals surface area contributed by atoms with Gasteiger partial charge in [-0.2, -0.15) is 5.26 Å². The second-order valence-electron chi connectivity index (χ2n) is 2.21. The monoisotopic (exact) mass is 228 g/mol. The predicted molar refractivity (Wildman–Crippen MR) is 46.7 cm³/mol. The zero-order chi connectivity index (χ0) is 9.14. The normalized spacial score (nSPS) is 9.50. The first kappa shape index (κ1) is 9.17. The molecule has 0 aliphatic carbocycles. The third-order valence-electron chi connectivity index (χ3n) is 1.51. The lowest BCUT2D eigenvalue weighted by Crippen LogP contribution is -2.01. The molecule has 0 amide bonds. The second kappa shape index (κ2) is 3.65. The molecule has 4 heteroatoms. The third kappa shape index (κ3) is 1.47. The molecule has 0 atom stereocenters. The molecule has 0 saturated carbocycles. The number of benzene rings is 1. The molecule has 2 nitrogen and oxygen atoms in total. The maximum absolute atomic E-state index is 13.1. The van der Waals surface area contributed by atoms with Gasteiger partial charge in [-0.05, 0) is 27.6 Å². The smallest absolute Gasteiger partial charge is 0.155 e. The average molecular weight is 229 g/mol. The van der Waals surface area contributed by atoms with Crippen LogP contribution < -0.4 is 5.73 Å². The van der Waals surface area contributed by atoms with E-state index in [2.05, 4.69) is 15.9 Å². The van der Waals surface area contributed by atoms with Crippen molar-refractivity contribution in [2.24, 2.45) is 5.73 Å². The van der Waals surface area contributed by atoms with Gasteiger partial charge < -0.3 is 5.73 Å². The molecule has 0 heterocycles. The van der Waals surface area contributed by atoms with E-state index in [0.29, 0.717) is 5.56 Å². The number of nitrogens with zero attached hydrogens (tertiary/aromatic N) is 1. The predicted octanol–water partition coefficient (Wildman–Crippen LogP) is 1.92. The Morgan fingerprint density at radius 1 is 1.58 bits per heavy atom. The molecule has 1 rings (SSSR count). The summed E-state index contributed by atoms with van der Waals surface area (Å²) in [4.78, 5) is 0. The van der Waals surface area contributed by atoms with Gasteiger partial charge in [-0.15, -0.1) is 0 Å². The quantitative estimate of drug-likeness (QED) is 0.799. The third-order valence-corrected chi connectivity index (χ3v) is 2.13. The molecule has 0 saturated heterocycles. The van der Waals surface area contributed by atoms with Crippen LogP contribution in [0.5, 0.6) is 0 Å². The van der Waals surface area contributed by atoms with Crippen LogP contribution in [-0.4, -0.2) is 0 Å². The zero-order valence-corrected chi connectivity index (χ0v) is 7.73. The van der Waals surface area contributed by atoms with Gasteiger partial charge in [-0.3, -0.25) is 0 Å².